The Bertz CT molecular complexity index is 516. The van der Waals surface area contributed by atoms with Crippen LogP contribution < -0.4 is 5.32 Å². The molecule has 0 saturated heterocycles. The van der Waals surface area contributed by atoms with Gasteiger partial charge >= 0.3 is 0 Å². The lowest BCUT2D eigenvalue weighted by Crippen LogP contribution is -1.97. The molecule has 0 fully saturated rings. The number of nitrogens with one attached hydrogen (secondary N) is 1. The first kappa shape index (κ1) is 11.4. The summed E-state index contributed by atoms with van der Waals surface area (Å²) in [5, 5.41) is 3.71. The molecule has 2 rings (SSSR count). The molecule has 0 spiro atoms. The van der Waals surface area contributed by atoms with Crippen molar-refractivity contribution in [2.75, 3.05) is 5.32 Å². The van der Waals surface area contributed by atoms with Gasteiger partial charge in [0, 0.05) is 16.9 Å². The zero-order chi connectivity index (χ0) is 11.5. The van der Waals surface area contributed by atoms with Crippen LogP contribution in [0.4, 0.5) is 11.5 Å². The first-order chi connectivity index (χ1) is 7.66. The van der Waals surface area contributed by atoms with Gasteiger partial charge in [-0.1, -0.05) is 11.6 Å². The molecule has 0 saturated carbocycles. The third-order valence-electron chi connectivity index (χ3n) is 2.07. The Morgan fingerprint density at radius 1 is 1.38 bits per heavy atom. The Morgan fingerprint density at radius 3 is 2.88 bits per heavy atom. The zero-order valence-corrected chi connectivity index (χ0v) is 10.9. The van der Waals surface area contributed by atoms with Gasteiger partial charge in [0.15, 0.2) is 0 Å². The van der Waals surface area contributed by atoms with Gasteiger partial charge in [0.25, 0.3) is 0 Å². The topological polar surface area (TPSA) is 37.8 Å². The molecule has 0 bridgehead atoms. The molecule has 5 heteroatoms. The summed E-state index contributed by atoms with van der Waals surface area (Å²) in [6.45, 7) is 1.93. The van der Waals surface area contributed by atoms with E-state index in [0.29, 0.717) is 10.8 Å². The first-order valence-electron chi connectivity index (χ1n) is 4.66. The van der Waals surface area contributed by atoms with Gasteiger partial charge in [0.05, 0.1) is 16.4 Å². The number of anilines is 2. The van der Waals surface area contributed by atoms with Crippen LogP contribution in [-0.2, 0) is 0 Å². The van der Waals surface area contributed by atoms with Gasteiger partial charge in [-0.05, 0) is 41.1 Å². The van der Waals surface area contributed by atoms with Crippen LogP contribution in [0.25, 0.3) is 0 Å². The molecule has 82 valence electrons. The molecule has 2 heterocycles. The summed E-state index contributed by atoms with van der Waals surface area (Å²) in [5.41, 5.74) is 1.81. The van der Waals surface area contributed by atoms with Crippen LogP contribution in [0.15, 0.2) is 35.1 Å². The van der Waals surface area contributed by atoms with Gasteiger partial charge in [-0.25, -0.2) is 4.98 Å². The third-order valence-corrected chi connectivity index (χ3v) is 2.79. The molecule has 0 aromatic carbocycles. The van der Waals surface area contributed by atoms with E-state index in [1.807, 2.05) is 19.1 Å². The minimum atomic E-state index is 0.567. The summed E-state index contributed by atoms with van der Waals surface area (Å²) in [4.78, 5) is 8.38. The minimum absolute atomic E-state index is 0.567. The third kappa shape index (κ3) is 2.51. The maximum Gasteiger partial charge on any atom is 0.149 e. The monoisotopic (exact) mass is 297 g/mol. The lowest BCUT2D eigenvalue weighted by molar-refractivity contribution is 1.19. The van der Waals surface area contributed by atoms with Crippen LogP contribution in [0.1, 0.15) is 5.69 Å². The average Bonchev–Trinajstić information content (AvgIpc) is 2.25. The molecule has 0 atom stereocenters. The largest absolute Gasteiger partial charge is 0.338 e. The van der Waals surface area contributed by atoms with Gasteiger partial charge < -0.3 is 5.32 Å². The molecule has 2 aromatic heterocycles. The van der Waals surface area contributed by atoms with Crippen LogP contribution in [0.5, 0.6) is 0 Å². The Kier molecular flexibility index (Phi) is 3.41. The van der Waals surface area contributed by atoms with Crippen LogP contribution >= 0.6 is 27.5 Å². The Morgan fingerprint density at radius 2 is 2.19 bits per heavy atom. The highest BCUT2D eigenvalue weighted by molar-refractivity contribution is 9.10. The van der Waals surface area contributed by atoms with Crippen molar-refractivity contribution >= 4 is 39.0 Å². The van der Waals surface area contributed by atoms with Crippen LogP contribution in [0.2, 0.25) is 5.02 Å². The van der Waals surface area contributed by atoms with Crippen molar-refractivity contribution < 1.29 is 0 Å². The van der Waals surface area contributed by atoms with Crippen molar-refractivity contribution in [3.8, 4) is 0 Å². The van der Waals surface area contributed by atoms with Gasteiger partial charge in [0.1, 0.15) is 5.82 Å². The number of aryl methyl sites for hydroxylation is 1. The lowest BCUT2D eigenvalue weighted by Gasteiger charge is -2.09. The predicted molar refractivity (Wildman–Crippen MR) is 69.2 cm³/mol. The van der Waals surface area contributed by atoms with E-state index >= 15 is 0 Å². The fourth-order valence-electron chi connectivity index (χ4n) is 1.25. The lowest BCUT2D eigenvalue weighted by atomic mass is 10.3. The SMILES string of the molecule is Cc1ncccc1Nc1ncc(Br)cc1Cl. The molecule has 0 aliphatic rings. The highest BCUT2D eigenvalue weighted by Crippen LogP contribution is 2.26. The zero-order valence-electron chi connectivity index (χ0n) is 8.54. The van der Waals surface area contributed by atoms with E-state index in [1.54, 1.807) is 18.5 Å². The van der Waals surface area contributed by atoms with Crippen molar-refractivity contribution in [2.24, 2.45) is 0 Å². The normalized spacial score (nSPS) is 10.2. The fraction of sp³-hybridized carbons (Fsp3) is 0.0909. The highest BCUT2D eigenvalue weighted by atomic mass is 79.9. The summed E-state index contributed by atoms with van der Waals surface area (Å²) >= 11 is 9.37. The van der Waals surface area contributed by atoms with Gasteiger partial charge in [-0.15, -0.1) is 0 Å². The van der Waals surface area contributed by atoms with E-state index in [0.717, 1.165) is 15.9 Å². The van der Waals surface area contributed by atoms with E-state index in [2.05, 4.69) is 31.2 Å². The van der Waals surface area contributed by atoms with Crippen molar-refractivity contribution in [1.82, 2.24) is 9.97 Å². The van der Waals surface area contributed by atoms with Crippen molar-refractivity contribution in [3.05, 3.63) is 45.8 Å². The number of hydrogen-bond donors (Lipinski definition) is 1. The number of halogens is 2. The summed E-state index contributed by atoms with van der Waals surface area (Å²) < 4.78 is 0.853. The summed E-state index contributed by atoms with van der Waals surface area (Å²) in [6, 6.07) is 5.59. The standard InChI is InChI=1S/C11H9BrClN3/c1-7-10(3-2-4-14-7)16-11-9(13)5-8(12)6-15-11/h2-6H,1H3,(H,15,16). The fourth-order valence-corrected chi connectivity index (χ4v) is 1.93. The average molecular weight is 299 g/mol. The minimum Gasteiger partial charge on any atom is -0.338 e. The Balaban J connectivity index is 2.31. The van der Waals surface area contributed by atoms with Crippen molar-refractivity contribution in [1.29, 1.82) is 0 Å². The van der Waals surface area contributed by atoms with E-state index in [-0.39, 0.29) is 0 Å². The summed E-state index contributed by atoms with van der Waals surface area (Å²) in [5.74, 6) is 0.626. The Hall–Kier alpha value is -1.13. The van der Waals surface area contributed by atoms with Gasteiger partial charge in [-0.2, -0.15) is 0 Å². The number of aromatic nitrogens is 2. The first-order valence-corrected chi connectivity index (χ1v) is 5.83. The van der Waals surface area contributed by atoms with Crippen LogP contribution in [0, 0.1) is 6.92 Å². The van der Waals surface area contributed by atoms with E-state index in [4.69, 9.17) is 11.6 Å². The second-order valence-corrected chi connectivity index (χ2v) is 4.57. The van der Waals surface area contributed by atoms with Crippen LogP contribution in [0.3, 0.4) is 0 Å². The molecule has 3 nitrogen and oxygen atoms in total. The maximum absolute atomic E-state index is 6.06. The molecule has 0 unspecified atom stereocenters. The molecule has 0 aliphatic carbocycles. The van der Waals surface area contributed by atoms with E-state index in [9.17, 15) is 0 Å². The predicted octanol–water partition coefficient (Wildman–Crippen LogP) is 3.94. The van der Waals surface area contributed by atoms with Gasteiger partial charge in [-0.3, -0.25) is 4.98 Å². The van der Waals surface area contributed by atoms with Crippen LogP contribution in [-0.4, -0.2) is 9.97 Å². The van der Waals surface area contributed by atoms with E-state index < -0.39 is 0 Å². The molecule has 0 aliphatic heterocycles. The summed E-state index contributed by atoms with van der Waals surface area (Å²) in [7, 11) is 0. The maximum atomic E-state index is 6.06. The highest BCUT2D eigenvalue weighted by Gasteiger charge is 2.04. The van der Waals surface area contributed by atoms with Gasteiger partial charge in [0.2, 0.25) is 0 Å². The molecule has 0 radical (unpaired) electrons. The molecule has 1 N–H and O–H groups in total. The molecular formula is C11H9BrClN3. The number of rotatable bonds is 2. The second-order valence-electron chi connectivity index (χ2n) is 3.25. The smallest absolute Gasteiger partial charge is 0.149 e. The second kappa shape index (κ2) is 4.80. The number of pyridine rings is 2. The molecular weight excluding hydrogens is 289 g/mol. The number of hydrogen-bond acceptors (Lipinski definition) is 3. The Labute approximate surface area is 107 Å². The molecule has 16 heavy (non-hydrogen) atoms. The number of nitrogens with zero attached hydrogens (tertiary/aromatic N) is 2. The quantitative estimate of drug-likeness (QED) is 0.912. The molecule has 2 aromatic rings. The van der Waals surface area contributed by atoms with E-state index in [1.165, 1.54) is 0 Å². The van der Waals surface area contributed by atoms with Crippen molar-refractivity contribution in [3.63, 3.8) is 0 Å². The molecule has 0 amide bonds. The van der Waals surface area contributed by atoms with Crippen molar-refractivity contribution in [2.45, 2.75) is 6.92 Å². The summed E-state index contributed by atoms with van der Waals surface area (Å²) in [6.07, 6.45) is 3.44.